The fraction of sp³-hybridized carbons (Fsp3) is 0.364. The lowest BCUT2D eigenvalue weighted by molar-refractivity contribution is 0.167. The molecule has 5 heteroatoms. The second-order valence-electron chi connectivity index (χ2n) is 6.78. The maximum Gasteiger partial charge on any atom is 0.124 e. The molecule has 1 aliphatic rings. The van der Waals surface area contributed by atoms with E-state index >= 15 is 0 Å². The largest absolute Gasteiger partial charge is 0.489 e. The molecule has 0 saturated carbocycles. The normalized spacial score (nSPS) is 15.1. The topological polar surface area (TPSA) is 24.5 Å². The van der Waals surface area contributed by atoms with E-state index in [0.29, 0.717) is 12.6 Å². The zero-order chi connectivity index (χ0) is 17.5. The molecule has 3 nitrogen and oxygen atoms in total. The van der Waals surface area contributed by atoms with Crippen molar-refractivity contribution in [1.29, 1.82) is 0 Å². The van der Waals surface area contributed by atoms with Gasteiger partial charge in [0.05, 0.1) is 0 Å². The molecule has 1 heterocycles. The van der Waals surface area contributed by atoms with E-state index in [1.54, 1.807) is 0 Å². The van der Waals surface area contributed by atoms with Gasteiger partial charge in [0.2, 0.25) is 0 Å². The first kappa shape index (κ1) is 23.5. The van der Waals surface area contributed by atoms with Crippen LogP contribution in [0.3, 0.4) is 0 Å². The highest BCUT2D eigenvalue weighted by Gasteiger charge is 2.24. The van der Waals surface area contributed by atoms with Gasteiger partial charge < -0.3 is 10.1 Å². The van der Waals surface area contributed by atoms with Gasteiger partial charge in [-0.2, -0.15) is 0 Å². The summed E-state index contributed by atoms with van der Waals surface area (Å²) in [6, 6.07) is 19.1. The van der Waals surface area contributed by atoms with Crippen LogP contribution < -0.4 is 10.1 Å². The molecule has 1 saturated heterocycles. The number of rotatable bonds is 7. The van der Waals surface area contributed by atoms with Gasteiger partial charge in [0.15, 0.2) is 0 Å². The minimum Gasteiger partial charge on any atom is -0.489 e. The van der Waals surface area contributed by atoms with Crippen LogP contribution in [0.5, 0.6) is 5.75 Å². The standard InChI is InChI=1S/C22H28N2O.2ClH/c1-18(2)16-21(24-14-12-23-13-15-24)20-10-6-7-11-22(20)25-17-19-8-4-3-5-9-19;;/h3-11,21,23H,1,12-17H2,2H3;2*1H/t21-;;/m0../s1. The van der Waals surface area contributed by atoms with Gasteiger partial charge in [0, 0.05) is 37.8 Å². The summed E-state index contributed by atoms with van der Waals surface area (Å²) in [5.41, 5.74) is 3.67. The molecule has 2 aromatic carbocycles. The Kier molecular flexibility index (Phi) is 10.5. The maximum atomic E-state index is 6.20. The van der Waals surface area contributed by atoms with Crippen LogP contribution in [0.2, 0.25) is 0 Å². The number of nitrogens with one attached hydrogen (secondary N) is 1. The van der Waals surface area contributed by atoms with E-state index in [2.05, 4.69) is 72.3 Å². The van der Waals surface area contributed by atoms with Crippen molar-refractivity contribution in [2.24, 2.45) is 0 Å². The van der Waals surface area contributed by atoms with Gasteiger partial charge in [-0.1, -0.05) is 54.1 Å². The Hall–Kier alpha value is -1.52. The van der Waals surface area contributed by atoms with Crippen LogP contribution in [-0.2, 0) is 6.61 Å². The molecule has 2 aromatic rings. The molecular weight excluding hydrogens is 379 g/mol. The molecule has 0 aromatic heterocycles. The molecule has 1 fully saturated rings. The molecule has 1 atom stereocenters. The van der Waals surface area contributed by atoms with Crippen LogP contribution in [0, 0.1) is 0 Å². The summed E-state index contributed by atoms with van der Waals surface area (Å²) in [5.74, 6) is 0.983. The van der Waals surface area contributed by atoms with Crippen LogP contribution in [0.25, 0.3) is 0 Å². The van der Waals surface area contributed by atoms with E-state index < -0.39 is 0 Å². The molecular formula is C22H30Cl2N2O. The molecule has 0 aliphatic carbocycles. The molecule has 0 unspecified atom stereocenters. The Balaban J connectivity index is 0.00000182. The lowest BCUT2D eigenvalue weighted by Gasteiger charge is -2.36. The second kappa shape index (κ2) is 12.0. The van der Waals surface area contributed by atoms with Crippen molar-refractivity contribution in [2.45, 2.75) is 26.0 Å². The Bertz CT molecular complexity index is 688. The Morgan fingerprint density at radius 1 is 1.04 bits per heavy atom. The molecule has 0 radical (unpaired) electrons. The molecule has 3 rings (SSSR count). The molecule has 0 spiro atoms. The summed E-state index contributed by atoms with van der Waals surface area (Å²) >= 11 is 0. The first-order valence-electron chi connectivity index (χ1n) is 9.09. The monoisotopic (exact) mass is 408 g/mol. The molecule has 0 amide bonds. The van der Waals surface area contributed by atoms with Crippen molar-refractivity contribution in [3.05, 3.63) is 77.9 Å². The van der Waals surface area contributed by atoms with E-state index in [-0.39, 0.29) is 24.8 Å². The van der Waals surface area contributed by atoms with Crippen LogP contribution in [-0.4, -0.2) is 31.1 Å². The third-order valence-corrected chi connectivity index (χ3v) is 4.65. The molecule has 1 aliphatic heterocycles. The number of hydrogen-bond donors (Lipinski definition) is 1. The summed E-state index contributed by atoms with van der Waals surface area (Å²) in [6.45, 7) is 11.1. The highest BCUT2D eigenvalue weighted by molar-refractivity contribution is 5.85. The van der Waals surface area contributed by atoms with Gasteiger partial charge in [-0.05, 0) is 25.0 Å². The van der Waals surface area contributed by atoms with E-state index in [4.69, 9.17) is 4.74 Å². The Morgan fingerprint density at radius 3 is 2.33 bits per heavy atom. The van der Waals surface area contributed by atoms with Gasteiger partial charge in [0.25, 0.3) is 0 Å². The fourth-order valence-electron chi connectivity index (χ4n) is 3.38. The van der Waals surface area contributed by atoms with Gasteiger partial charge in [-0.3, -0.25) is 4.90 Å². The van der Waals surface area contributed by atoms with Crippen molar-refractivity contribution in [2.75, 3.05) is 26.2 Å². The van der Waals surface area contributed by atoms with Crippen LogP contribution in [0.4, 0.5) is 0 Å². The zero-order valence-corrected chi connectivity index (χ0v) is 17.5. The van der Waals surface area contributed by atoms with E-state index in [1.165, 1.54) is 16.7 Å². The number of hydrogen-bond acceptors (Lipinski definition) is 3. The number of nitrogens with zero attached hydrogens (tertiary/aromatic N) is 1. The first-order valence-corrected chi connectivity index (χ1v) is 9.09. The van der Waals surface area contributed by atoms with Gasteiger partial charge >= 0.3 is 0 Å². The molecule has 1 N–H and O–H groups in total. The summed E-state index contributed by atoms with van der Waals surface area (Å²) in [5, 5.41) is 3.44. The molecule has 148 valence electrons. The summed E-state index contributed by atoms with van der Waals surface area (Å²) in [7, 11) is 0. The average Bonchev–Trinajstić information content (AvgIpc) is 2.66. The third kappa shape index (κ3) is 6.86. The van der Waals surface area contributed by atoms with Crippen molar-refractivity contribution in [3.8, 4) is 5.75 Å². The second-order valence-corrected chi connectivity index (χ2v) is 6.78. The lowest BCUT2D eigenvalue weighted by atomic mass is 9.97. The van der Waals surface area contributed by atoms with Gasteiger partial charge in [-0.15, -0.1) is 31.4 Å². The number of para-hydroxylation sites is 1. The SMILES string of the molecule is C=C(C)C[C@@H](c1ccccc1OCc1ccccc1)N1CCNCC1.Cl.Cl. The minimum absolute atomic E-state index is 0. The summed E-state index contributed by atoms with van der Waals surface area (Å²) in [4.78, 5) is 2.55. The van der Waals surface area contributed by atoms with Crippen molar-refractivity contribution in [3.63, 3.8) is 0 Å². The van der Waals surface area contributed by atoms with Crippen molar-refractivity contribution < 1.29 is 4.74 Å². The highest BCUT2D eigenvalue weighted by atomic mass is 35.5. The van der Waals surface area contributed by atoms with Gasteiger partial charge in [0.1, 0.15) is 12.4 Å². The van der Waals surface area contributed by atoms with E-state index in [1.807, 2.05) is 6.07 Å². The predicted octanol–water partition coefficient (Wildman–Crippen LogP) is 5.02. The van der Waals surface area contributed by atoms with Crippen LogP contribution in [0.1, 0.15) is 30.5 Å². The fourth-order valence-corrected chi connectivity index (χ4v) is 3.38. The lowest BCUT2D eigenvalue weighted by Crippen LogP contribution is -2.45. The first-order chi connectivity index (χ1) is 12.2. The Labute approximate surface area is 175 Å². The van der Waals surface area contributed by atoms with Crippen LogP contribution in [0.15, 0.2) is 66.7 Å². The van der Waals surface area contributed by atoms with Gasteiger partial charge in [-0.25, -0.2) is 0 Å². The van der Waals surface area contributed by atoms with Crippen LogP contribution >= 0.6 is 24.8 Å². The quantitative estimate of drug-likeness (QED) is 0.650. The summed E-state index contributed by atoms with van der Waals surface area (Å²) < 4.78 is 6.20. The van der Waals surface area contributed by atoms with Crippen molar-refractivity contribution in [1.82, 2.24) is 10.2 Å². The average molecular weight is 409 g/mol. The third-order valence-electron chi connectivity index (χ3n) is 4.65. The predicted molar refractivity (Wildman–Crippen MR) is 118 cm³/mol. The van der Waals surface area contributed by atoms with Crippen molar-refractivity contribution >= 4 is 24.8 Å². The van der Waals surface area contributed by atoms with E-state index in [9.17, 15) is 0 Å². The minimum atomic E-state index is 0. The number of ether oxygens (including phenoxy) is 1. The van der Waals surface area contributed by atoms with E-state index in [0.717, 1.165) is 38.3 Å². The Morgan fingerprint density at radius 2 is 1.67 bits per heavy atom. The summed E-state index contributed by atoms with van der Waals surface area (Å²) in [6.07, 6.45) is 0.964. The molecule has 0 bridgehead atoms. The maximum absolute atomic E-state index is 6.20. The number of halogens is 2. The molecule has 27 heavy (non-hydrogen) atoms. The zero-order valence-electron chi connectivity index (χ0n) is 15.9. The smallest absolute Gasteiger partial charge is 0.124 e. The number of benzene rings is 2. The number of piperazine rings is 1. The highest BCUT2D eigenvalue weighted by Crippen LogP contribution is 2.34.